The van der Waals surface area contributed by atoms with Gasteiger partial charge in [-0.1, -0.05) is 20.2 Å². The van der Waals surface area contributed by atoms with Gasteiger partial charge in [-0.15, -0.1) is 0 Å². The van der Waals surface area contributed by atoms with Crippen LogP contribution in [0.5, 0.6) is 0 Å². The maximum absolute atomic E-state index is 3.36. The maximum Gasteiger partial charge on any atom is 0.285 e. The monoisotopic (exact) mass is 136 g/mol. The maximum atomic E-state index is 3.36. The molecule has 3 N–H and O–H groups in total. The summed E-state index contributed by atoms with van der Waals surface area (Å²) in [6, 6.07) is 0. The SMILES string of the molecule is CCCB1N[B]NB(C)N1. The number of hydrogen-bond donors (Lipinski definition) is 3. The highest BCUT2D eigenvalue weighted by Gasteiger charge is 2.22. The van der Waals surface area contributed by atoms with Gasteiger partial charge in [0.25, 0.3) is 21.5 Å². The Kier molecular flexibility index (Phi) is 3.32. The number of hydrogen-bond acceptors (Lipinski definition) is 3. The quantitative estimate of drug-likeness (QED) is 0.439. The molecule has 0 saturated carbocycles. The molecule has 1 aliphatic heterocycles. The molecule has 1 heterocycles. The summed E-state index contributed by atoms with van der Waals surface area (Å²) in [5, 5.41) is 9.69. The van der Waals surface area contributed by atoms with E-state index >= 15 is 0 Å². The summed E-state index contributed by atoms with van der Waals surface area (Å²) >= 11 is 0. The van der Waals surface area contributed by atoms with E-state index in [1.54, 1.807) is 0 Å². The zero-order chi connectivity index (χ0) is 7.40. The molecular weight excluding hydrogens is 123 g/mol. The second-order valence-corrected chi connectivity index (χ2v) is 2.71. The molecule has 0 aromatic rings. The lowest BCUT2D eigenvalue weighted by Crippen LogP contribution is -2.68. The summed E-state index contributed by atoms with van der Waals surface area (Å²) in [4.78, 5) is 0. The van der Waals surface area contributed by atoms with Gasteiger partial charge in [0.2, 0.25) is 0 Å². The smallest absolute Gasteiger partial charge is 0.285 e. The highest BCUT2D eigenvalue weighted by molar-refractivity contribution is 6.81. The molecule has 0 unspecified atom stereocenters. The van der Waals surface area contributed by atoms with Crippen molar-refractivity contribution in [3.63, 3.8) is 0 Å². The fraction of sp³-hybridized carbons (Fsp3) is 1.00. The molecule has 0 spiro atoms. The first-order chi connectivity index (χ1) is 4.83. The molecule has 0 atom stereocenters. The molecular formula is C4H13B3N3. The molecule has 1 rings (SSSR count). The fourth-order valence-electron chi connectivity index (χ4n) is 1.13. The van der Waals surface area contributed by atoms with E-state index in [1.807, 2.05) is 7.55 Å². The minimum atomic E-state index is 0.401. The van der Waals surface area contributed by atoms with Crippen molar-refractivity contribution in [1.29, 1.82) is 0 Å². The standard InChI is InChI=1S/C4H13B3N3/c1-3-4-7-9-5-8-6(2)10-7/h8-10H,3-4H2,1-2H3. The summed E-state index contributed by atoms with van der Waals surface area (Å²) in [5.41, 5.74) is 0. The molecule has 3 nitrogen and oxygen atoms in total. The largest absolute Gasteiger partial charge is 0.375 e. The topological polar surface area (TPSA) is 36.1 Å². The fourth-order valence-corrected chi connectivity index (χ4v) is 1.13. The van der Waals surface area contributed by atoms with E-state index in [1.165, 1.54) is 12.7 Å². The third-order valence-electron chi connectivity index (χ3n) is 1.65. The lowest BCUT2D eigenvalue weighted by molar-refractivity contribution is 1.02. The summed E-state index contributed by atoms with van der Waals surface area (Å²) < 4.78 is 0. The Labute approximate surface area is 64.2 Å². The van der Waals surface area contributed by atoms with E-state index in [0.29, 0.717) is 14.0 Å². The van der Waals surface area contributed by atoms with Gasteiger partial charge in [-0.05, 0) is 6.32 Å². The zero-order valence-electron chi connectivity index (χ0n) is 6.65. The van der Waals surface area contributed by atoms with Gasteiger partial charge in [-0.2, -0.15) is 0 Å². The predicted molar refractivity (Wildman–Crippen MR) is 47.6 cm³/mol. The lowest BCUT2D eigenvalue weighted by atomic mass is 9.55. The van der Waals surface area contributed by atoms with Gasteiger partial charge in [0.05, 0.1) is 0 Å². The summed E-state index contributed by atoms with van der Waals surface area (Å²) in [6.45, 7) is 5.16. The Hall–Kier alpha value is 0.0748. The van der Waals surface area contributed by atoms with Gasteiger partial charge in [0, 0.05) is 0 Å². The first-order valence-electron chi connectivity index (χ1n) is 3.92. The first kappa shape index (κ1) is 8.17. The molecule has 53 valence electrons. The Balaban J connectivity index is 2.18. The molecule has 10 heavy (non-hydrogen) atoms. The summed E-state index contributed by atoms with van der Waals surface area (Å²) in [7, 11) is 1.92. The van der Waals surface area contributed by atoms with Crippen molar-refractivity contribution in [1.82, 2.24) is 15.4 Å². The third kappa shape index (κ3) is 2.36. The second kappa shape index (κ2) is 4.06. The highest BCUT2D eigenvalue weighted by atomic mass is 15.0. The van der Waals surface area contributed by atoms with E-state index < -0.39 is 0 Å². The van der Waals surface area contributed by atoms with Crippen LogP contribution in [0.2, 0.25) is 13.1 Å². The second-order valence-electron chi connectivity index (χ2n) is 2.71. The van der Waals surface area contributed by atoms with Crippen molar-refractivity contribution in [2.45, 2.75) is 26.5 Å². The van der Waals surface area contributed by atoms with E-state index in [9.17, 15) is 0 Å². The minimum Gasteiger partial charge on any atom is -0.375 e. The van der Waals surface area contributed by atoms with Crippen LogP contribution in [0, 0.1) is 0 Å². The van der Waals surface area contributed by atoms with Gasteiger partial charge in [-0.3, -0.25) is 0 Å². The minimum absolute atomic E-state index is 0.401. The Morgan fingerprint density at radius 3 is 2.80 bits per heavy atom. The van der Waals surface area contributed by atoms with E-state index in [0.717, 1.165) is 0 Å². The van der Waals surface area contributed by atoms with Crippen LogP contribution in [0.4, 0.5) is 0 Å². The molecule has 1 fully saturated rings. The van der Waals surface area contributed by atoms with Gasteiger partial charge >= 0.3 is 0 Å². The van der Waals surface area contributed by atoms with Crippen LogP contribution in [-0.2, 0) is 0 Å². The molecule has 0 aliphatic carbocycles. The normalized spacial score (nSPS) is 19.0. The zero-order valence-corrected chi connectivity index (χ0v) is 6.65. The molecule has 0 aromatic heterocycles. The lowest BCUT2D eigenvalue weighted by Gasteiger charge is -2.25. The Morgan fingerprint density at radius 2 is 2.20 bits per heavy atom. The molecule has 6 heteroatoms. The van der Waals surface area contributed by atoms with Crippen LogP contribution in [0.25, 0.3) is 0 Å². The van der Waals surface area contributed by atoms with Crippen LogP contribution in [0.15, 0.2) is 0 Å². The highest BCUT2D eigenvalue weighted by Crippen LogP contribution is 1.92. The molecule has 0 aromatic carbocycles. The van der Waals surface area contributed by atoms with Crippen molar-refractivity contribution >= 4 is 21.5 Å². The Morgan fingerprint density at radius 1 is 1.40 bits per heavy atom. The van der Waals surface area contributed by atoms with Crippen LogP contribution >= 0.6 is 0 Å². The van der Waals surface area contributed by atoms with Gasteiger partial charge in [-0.25, -0.2) is 0 Å². The van der Waals surface area contributed by atoms with Gasteiger partial charge < -0.3 is 15.4 Å². The third-order valence-corrected chi connectivity index (χ3v) is 1.65. The summed E-state index contributed by atoms with van der Waals surface area (Å²) in [6.07, 6.45) is 2.40. The van der Waals surface area contributed by atoms with Gasteiger partial charge in [0.15, 0.2) is 0 Å². The molecule has 1 aliphatic rings. The van der Waals surface area contributed by atoms with Crippen molar-refractivity contribution < 1.29 is 0 Å². The predicted octanol–water partition coefficient (Wildman–Crippen LogP) is -0.681. The van der Waals surface area contributed by atoms with Gasteiger partial charge in [0.1, 0.15) is 0 Å². The van der Waals surface area contributed by atoms with Crippen molar-refractivity contribution in [2.75, 3.05) is 0 Å². The summed E-state index contributed by atoms with van der Waals surface area (Å²) in [5.74, 6) is 0. The average molecular weight is 136 g/mol. The van der Waals surface area contributed by atoms with Crippen molar-refractivity contribution in [3.8, 4) is 0 Å². The number of rotatable bonds is 2. The first-order valence-corrected chi connectivity index (χ1v) is 3.92. The van der Waals surface area contributed by atoms with Crippen molar-refractivity contribution in [3.05, 3.63) is 0 Å². The Bertz CT molecular complexity index is 99.7. The molecule has 1 radical (unpaired) electrons. The van der Waals surface area contributed by atoms with Crippen LogP contribution < -0.4 is 15.4 Å². The molecule has 1 saturated heterocycles. The van der Waals surface area contributed by atoms with Crippen LogP contribution in [0.3, 0.4) is 0 Å². The molecule has 0 amide bonds. The number of nitrogens with one attached hydrogen (secondary N) is 3. The van der Waals surface area contributed by atoms with Crippen LogP contribution in [0.1, 0.15) is 13.3 Å². The average Bonchev–Trinajstić information content (AvgIpc) is 1.88. The van der Waals surface area contributed by atoms with E-state index in [4.69, 9.17) is 0 Å². The van der Waals surface area contributed by atoms with E-state index in [-0.39, 0.29) is 0 Å². The molecule has 0 bridgehead atoms. The van der Waals surface area contributed by atoms with E-state index in [2.05, 4.69) is 29.2 Å². The van der Waals surface area contributed by atoms with Crippen LogP contribution in [-0.4, -0.2) is 21.5 Å². The van der Waals surface area contributed by atoms with Crippen molar-refractivity contribution in [2.24, 2.45) is 0 Å².